The number of aromatic amines is 1. The molecule has 2 rings (SSSR count). The van der Waals surface area contributed by atoms with Crippen LogP contribution in [0, 0.1) is 11.3 Å². The molecule has 0 amide bonds. The Morgan fingerprint density at radius 2 is 2.17 bits per heavy atom. The molecular weight excluding hydrogens is 146 g/mol. The van der Waals surface area contributed by atoms with Gasteiger partial charge < -0.3 is 4.98 Å². The second kappa shape index (κ2) is 2.25. The van der Waals surface area contributed by atoms with E-state index in [4.69, 9.17) is 0 Å². The van der Waals surface area contributed by atoms with Gasteiger partial charge in [0.05, 0.1) is 0 Å². The van der Waals surface area contributed by atoms with Gasteiger partial charge in [-0.15, -0.1) is 0 Å². The molecule has 0 spiro atoms. The summed E-state index contributed by atoms with van der Waals surface area (Å²) in [6.07, 6.45) is 6.67. The van der Waals surface area contributed by atoms with Crippen molar-refractivity contribution in [2.45, 2.75) is 20.8 Å². The fraction of sp³-hybridized carbons (Fsp3) is 0.455. The maximum absolute atomic E-state index is 3.24. The smallest absolute Gasteiger partial charge is 0.0413 e. The Labute approximate surface area is 72.8 Å². The van der Waals surface area contributed by atoms with Gasteiger partial charge in [0.1, 0.15) is 0 Å². The minimum Gasteiger partial charge on any atom is -0.361 e. The fourth-order valence-corrected chi connectivity index (χ4v) is 1.66. The third kappa shape index (κ3) is 1.01. The van der Waals surface area contributed by atoms with Gasteiger partial charge in [-0.05, 0) is 22.6 Å². The molecule has 0 aliphatic heterocycles. The van der Waals surface area contributed by atoms with Crippen molar-refractivity contribution in [3.63, 3.8) is 0 Å². The van der Waals surface area contributed by atoms with Crippen molar-refractivity contribution >= 4 is 12.2 Å². The molecule has 1 nitrogen and oxygen atoms in total. The number of hydrogen-bond donors (Lipinski definition) is 1. The van der Waals surface area contributed by atoms with Crippen LogP contribution in [0.25, 0.3) is 12.2 Å². The second-order valence-corrected chi connectivity index (χ2v) is 4.27. The Morgan fingerprint density at radius 3 is 2.92 bits per heavy atom. The Hall–Kier alpha value is -0.980. The zero-order chi connectivity index (χ0) is 8.77. The highest BCUT2D eigenvalue weighted by molar-refractivity contribution is 5.44. The molecule has 0 aromatic carbocycles. The second-order valence-electron chi connectivity index (χ2n) is 4.27. The topological polar surface area (TPSA) is 15.8 Å². The molecule has 0 fully saturated rings. The van der Waals surface area contributed by atoms with Crippen LogP contribution in [-0.4, -0.2) is 4.98 Å². The van der Waals surface area contributed by atoms with Crippen molar-refractivity contribution in [3.05, 3.63) is 22.8 Å². The SMILES string of the molecule is CC1C=c2[nH]ccc2=CC1(C)C. The van der Waals surface area contributed by atoms with Gasteiger partial charge in [0.25, 0.3) is 0 Å². The molecule has 1 unspecified atom stereocenters. The summed E-state index contributed by atoms with van der Waals surface area (Å²) < 4.78 is 0. The van der Waals surface area contributed by atoms with Crippen LogP contribution in [0.4, 0.5) is 0 Å². The van der Waals surface area contributed by atoms with Gasteiger partial charge in [-0.25, -0.2) is 0 Å². The van der Waals surface area contributed by atoms with Crippen LogP contribution in [0.5, 0.6) is 0 Å². The molecule has 0 radical (unpaired) electrons. The Bertz CT molecular complexity index is 395. The first kappa shape index (κ1) is 7.66. The lowest BCUT2D eigenvalue weighted by Gasteiger charge is -2.27. The average molecular weight is 161 g/mol. The van der Waals surface area contributed by atoms with Gasteiger partial charge in [-0.1, -0.05) is 32.9 Å². The molecule has 1 aliphatic carbocycles. The third-order valence-electron chi connectivity index (χ3n) is 2.93. The molecule has 0 saturated heterocycles. The monoisotopic (exact) mass is 161 g/mol. The normalized spacial score (nSPS) is 25.4. The van der Waals surface area contributed by atoms with E-state index in [9.17, 15) is 0 Å². The van der Waals surface area contributed by atoms with Gasteiger partial charge in [0.15, 0.2) is 0 Å². The van der Waals surface area contributed by atoms with E-state index in [0.717, 1.165) is 0 Å². The van der Waals surface area contributed by atoms with Crippen molar-refractivity contribution in [1.29, 1.82) is 0 Å². The molecular formula is C11H15N. The number of aromatic nitrogens is 1. The molecule has 0 saturated carbocycles. The number of H-pyrrole nitrogens is 1. The summed E-state index contributed by atoms with van der Waals surface area (Å²) in [6.45, 7) is 6.83. The molecule has 1 aromatic rings. The summed E-state index contributed by atoms with van der Waals surface area (Å²) in [5.41, 5.74) is 0.301. The van der Waals surface area contributed by atoms with Crippen LogP contribution < -0.4 is 10.6 Å². The molecule has 1 N–H and O–H groups in total. The molecule has 1 heteroatoms. The highest BCUT2D eigenvalue weighted by Crippen LogP contribution is 2.30. The van der Waals surface area contributed by atoms with Crippen LogP contribution in [0.3, 0.4) is 0 Å². The van der Waals surface area contributed by atoms with Crippen molar-refractivity contribution in [2.24, 2.45) is 11.3 Å². The first-order valence-corrected chi connectivity index (χ1v) is 4.48. The Kier molecular flexibility index (Phi) is 1.44. The standard InChI is InChI=1S/C11H15N/c1-8-6-10-9(4-5-12-10)7-11(8,2)3/h4-8,12H,1-3H3. The molecule has 0 bridgehead atoms. The summed E-state index contributed by atoms with van der Waals surface area (Å²) in [7, 11) is 0. The van der Waals surface area contributed by atoms with Crippen molar-refractivity contribution in [2.75, 3.05) is 0 Å². The molecule has 12 heavy (non-hydrogen) atoms. The maximum atomic E-state index is 3.24. The predicted octanol–water partition coefficient (Wildman–Crippen LogP) is 1.25. The van der Waals surface area contributed by atoms with Gasteiger partial charge in [-0.2, -0.15) is 0 Å². The zero-order valence-corrected chi connectivity index (χ0v) is 7.89. The first-order valence-electron chi connectivity index (χ1n) is 4.48. The van der Waals surface area contributed by atoms with Crippen molar-refractivity contribution in [3.8, 4) is 0 Å². The average Bonchev–Trinajstić information content (AvgIpc) is 2.35. The lowest BCUT2D eigenvalue weighted by atomic mass is 9.77. The van der Waals surface area contributed by atoms with E-state index < -0.39 is 0 Å². The van der Waals surface area contributed by atoms with E-state index in [2.05, 4.69) is 44.0 Å². The van der Waals surface area contributed by atoms with Gasteiger partial charge in [-0.3, -0.25) is 0 Å². The van der Waals surface area contributed by atoms with E-state index in [0.29, 0.717) is 11.3 Å². The Balaban J connectivity index is 2.72. The molecule has 1 atom stereocenters. The van der Waals surface area contributed by atoms with E-state index in [1.807, 2.05) is 6.20 Å². The highest BCUT2D eigenvalue weighted by Gasteiger charge is 2.23. The third-order valence-corrected chi connectivity index (χ3v) is 2.93. The lowest BCUT2D eigenvalue weighted by Crippen LogP contribution is -2.34. The van der Waals surface area contributed by atoms with Gasteiger partial charge in [0.2, 0.25) is 0 Å². The van der Waals surface area contributed by atoms with Gasteiger partial charge in [0, 0.05) is 11.5 Å². The number of rotatable bonds is 0. The quantitative estimate of drug-likeness (QED) is 0.589. The van der Waals surface area contributed by atoms with Crippen molar-refractivity contribution < 1.29 is 0 Å². The lowest BCUT2D eigenvalue weighted by molar-refractivity contribution is 0.411. The predicted molar refractivity (Wildman–Crippen MR) is 51.9 cm³/mol. The highest BCUT2D eigenvalue weighted by atomic mass is 14.6. The zero-order valence-electron chi connectivity index (χ0n) is 7.89. The van der Waals surface area contributed by atoms with E-state index >= 15 is 0 Å². The van der Waals surface area contributed by atoms with Crippen LogP contribution in [0.1, 0.15) is 20.8 Å². The van der Waals surface area contributed by atoms with Crippen LogP contribution in [-0.2, 0) is 0 Å². The summed E-state index contributed by atoms with van der Waals surface area (Å²) in [5, 5.41) is 2.62. The molecule has 64 valence electrons. The summed E-state index contributed by atoms with van der Waals surface area (Å²) in [4.78, 5) is 3.24. The number of nitrogens with one attached hydrogen (secondary N) is 1. The largest absolute Gasteiger partial charge is 0.361 e. The minimum atomic E-state index is 0.301. The van der Waals surface area contributed by atoms with Crippen LogP contribution >= 0.6 is 0 Å². The van der Waals surface area contributed by atoms with E-state index in [1.54, 1.807) is 0 Å². The van der Waals surface area contributed by atoms with E-state index in [1.165, 1.54) is 10.6 Å². The van der Waals surface area contributed by atoms with Crippen LogP contribution in [0.2, 0.25) is 0 Å². The minimum absolute atomic E-state index is 0.301. The van der Waals surface area contributed by atoms with Crippen molar-refractivity contribution in [1.82, 2.24) is 4.98 Å². The molecule has 1 aliphatic rings. The molecule has 1 heterocycles. The maximum Gasteiger partial charge on any atom is 0.0413 e. The summed E-state index contributed by atoms with van der Waals surface area (Å²) in [5.74, 6) is 0.614. The summed E-state index contributed by atoms with van der Waals surface area (Å²) >= 11 is 0. The number of fused-ring (bicyclic) bond motifs is 1. The van der Waals surface area contributed by atoms with Crippen LogP contribution in [0.15, 0.2) is 12.3 Å². The Morgan fingerprint density at radius 1 is 1.42 bits per heavy atom. The van der Waals surface area contributed by atoms with E-state index in [-0.39, 0.29) is 0 Å². The summed E-state index contributed by atoms with van der Waals surface area (Å²) in [6, 6.07) is 2.14. The first-order chi connectivity index (χ1) is 5.59. The fourth-order valence-electron chi connectivity index (χ4n) is 1.66. The van der Waals surface area contributed by atoms with Gasteiger partial charge >= 0.3 is 0 Å². The number of hydrogen-bond acceptors (Lipinski definition) is 0. The molecule has 1 aromatic heterocycles.